The lowest BCUT2D eigenvalue weighted by Crippen LogP contribution is -2.39. The van der Waals surface area contributed by atoms with Crippen LogP contribution in [0.1, 0.15) is 37.5 Å². The summed E-state index contributed by atoms with van der Waals surface area (Å²) in [6.07, 6.45) is 1.14. The summed E-state index contributed by atoms with van der Waals surface area (Å²) in [5, 5.41) is 0. The maximum Gasteiger partial charge on any atom is 0.00567 e. The molecule has 2 aromatic carbocycles. The first kappa shape index (κ1) is 11.5. The quantitative estimate of drug-likeness (QED) is 0.685. The van der Waals surface area contributed by atoms with Gasteiger partial charge >= 0.3 is 0 Å². The van der Waals surface area contributed by atoms with E-state index in [0.29, 0.717) is 0 Å². The summed E-state index contributed by atoms with van der Waals surface area (Å²) < 4.78 is 0. The third-order valence-corrected chi connectivity index (χ3v) is 5.03. The van der Waals surface area contributed by atoms with Crippen LogP contribution in [0.25, 0.3) is 0 Å². The Morgan fingerprint density at radius 3 is 2.06 bits per heavy atom. The van der Waals surface area contributed by atoms with E-state index in [1.54, 1.807) is 0 Å². The van der Waals surface area contributed by atoms with Crippen LogP contribution in [-0.2, 0) is 17.3 Å². The van der Waals surface area contributed by atoms with Crippen LogP contribution in [0.2, 0.25) is 0 Å². The Kier molecular flexibility index (Phi) is 2.38. The zero-order valence-corrected chi connectivity index (χ0v) is 11.4. The van der Waals surface area contributed by atoms with Gasteiger partial charge in [-0.1, -0.05) is 75.4 Å². The maximum absolute atomic E-state index is 2.41. The average Bonchev–Trinajstić information content (AvgIpc) is 2.60. The number of fused-ring (bicyclic) bond motifs is 1. The molecule has 0 nitrogen and oxygen atoms in total. The molecule has 0 aromatic heterocycles. The molecule has 0 bridgehead atoms. The van der Waals surface area contributed by atoms with Crippen molar-refractivity contribution in [2.75, 3.05) is 0 Å². The van der Waals surface area contributed by atoms with Crippen LogP contribution in [0, 0.1) is 0 Å². The van der Waals surface area contributed by atoms with Gasteiger partial charge in [-0.05, 0) is 28.5 Å². The molecular weight excluding hydrogens is 216 g/mol. The Balaban J connectivity index is 2.18. The molecule has 1 aliphatic carbocycles. The molecule has 0 saturated carbocycles. The second-order valence-electron chi connectivity index (χ2n) is 6.16. The second kappa shape index (κ2) is 3.71. The van der Waals surface area contributed by atoms with E-state index in [1.165, 1.54) is 16.7 Å². The van der Waals surface area contributed by atoms with Crippen molar-refractivity contribution in [3.8, 4) is 0 Å². The van der Waals surface area contributed by atoms with Gasteiger partial charge < -0.3 is 0 Å². The molecule has 0 heterocycles. The topological polar surface area (TPSA) is 0 Å². The molecule has 0 aliphatic heterocycles. The largest absolute Gasteiger partial charge is 0.0622 e. The zero-order chi connectivity index (χ0) is 12.8. The molecule has 1 aliphatic rings. The number of hydrogen-bond donors (Lipinski definition) is 0. The first-order valence-electron chi connectivity index (χ1n) is 6.70. The zero-order valence-electron chi connectivity index (χ0n) is 11.4. The molecule has 1 unspecified atom stereocenters. The van der Waals surface area contributed by atoms with Gasteiger partial charge in [0, 0.05) is 5.41 Å². The van der Waals surface area contributed by atoms with E-state index < -0.39 is 0 Å². The number of benzene rings is 2. The Morgan fingerprint density at radius 1 is 0.778 bits per heavy atom. The molecular formula is C18H20. The summed E-state index contributed by atoms with van der Waals surface area (Å²) in [7, 11) is 0. The Bertz CT molecular complexity index is 566. The van der Waals surface area contributed by atoms with E-state index in [9.17, 15) is 0 Å². The summed E-state index contributed by atoms with van der Waals surface area (Å²) in [6.45, 7) is 7.17. The lowest BCUT2D eigenvalue weighted by molar-refractivity contribution is 0.306. The van der Waals surface area contributed by atoms with Gasteiger partial charge in [0.05, 0.1) is 0 Å². The molecule has 0 radical (unpaired) electrons. The first-order valence-corrected chi connectivity index (χ1v) is 6.70. The van der Waals surface area contributed by atoms with E-state index in [-0.39, 0.29) is 10.8 Å². The van der Waals surface area contributed by atoms with Gasteiger partial charge in [-0.15, -0.1) is 0 Å². The highest BCUT2D eigenvalue weighted by Gasteiger charge is 2.49. The van der Waals surface area contributed by atoms with Crippen LogP contribution in [0.5, 0.6) is 0 Å². The minimum Gasteiger partial charge on any atom is -0.0622 e. The summed E-state index contributed by atoms with van der Waals surface area (Å²) in [5.41, 5.74) is 4.85. The Labute approximate surface area is 110 Å². The van der Waals surface area contributed by atoms with Crippen molar-refractivity contribution in [1.29, 1.82) is 0 Å². The number of hydrogen-bond acceptors (Lipinski definition) is 0. The first-order chi connectivity index (χ1) is 8.56. The fraction of sp³-hybridized carbons (Fsp3) is 0.333. The molecule has 18 heavy (non-hydrogen) atoms. The predicted molar refractivity (Wildman–Crippen MR) is 77.0 cm³/mol. The van der Waals surface area contributed by atoms with E-state index in [0.717, 1.165) is 6.42 Å². The van der Waals surface area contributed by atoms with Gasteiger partial charge in [-0.25, -0.2) is 0 Å². The lowest BCUT2D eigenvalue weighted by atomic mass is 9.63. The molecule has 0 saturated heterocycles. The fourth-order valence-electron chi connectivity index (χ4n) is 3.45. The third kappa shape index (κ3) is 1.38. The molecule has 2 aromatic rings. The summed E-state index contributed by atoms with van der Waals surface area (Å²) in [5.74, 6) is 0. The maximum atomic E-state index is 2.41. The monoisotopic (exact) mass is 236 g/mol. The van der Waals surface area contributed by atoms with E-state index in [2.05, 4.69) is 75.4 Å². The van der Waals surface area contributed by atoms with Gasteiger partial charge in [-0.3, -0.25) is 0 Å². The molecule has 0 spiro atoms. The van der Waals surface area contributed by atoms with E-state index in [4.69, 9.17) is 0 Å². The smallest absolute Gasteiger partial charge is 0.00567 e. The molecule has 92 valence electrons. The van der Waals surface area contributed by atoms with Crippen LogP contribution in [0.4, 0.5) is 0 Å². The van der Waals surface area contributed by atoms with Crippen molar-refractivity contribution in [1.82, 2.24) is 0 Å². The minimum atomic E-state index is 0.185. The fourth-order valence-corrected chi connectivity index (χ4v) is 3.45. The van der Waals surface area contributed by atoms with Gasteiger partial charge in [0.15, 0.2) is 0 Å². The van der Waals surface area contributed by atoms with Crippen LogP contribution < -0.4 is 0 Å². The standard InChI is InChI=1S/C18H20/c1-17(2)16-12-8-7-9-14(16)13-18(17,3)15-10-5-4-6-11-15/h4-12H,13H2,1-3H3. The van der Waals surface area contributed by atoms with Crippen molar-refractivity contribution in [3.63, 3.8) is 0 Å². The second-order valence-corrected chi connectivity index (χ2v) is 6.16. The molecule has 1 atom stereocenters. The van der Waals surface area contributed by atoms with Crippen LogP contribution in [-0.4, -0.2) is 0 Å². The van der Waals surface area contributed by atoms with E-state index >= 15 is 0 Å². The van der Waals surface area contributed by atoms with Crippen molar-refractivity contribution < 1.29 is 0 Å². The van der Waals surface area contributed by atoms with Gasteiger partial charge in [0.2, 0.25) is 0 Å². The molecule has 0 amide bonds. The number of rotatable bonds is 1. The van der Waals surface area contributed by atoms with Gasteiger partial charge in [-0.2, -0.15) is 0 Å². The van der Waals surface area contributed by atoms with Crippen LogP contribution >= 0.6 is 0 Å². The summed E-state index contributed by atoms with van der Waals surface area (Å²) in [6, 6.07) is 19.8. The molecule has 3 rings (SSSR count). The Morgan fingerprint density at radius 2 is 1.39 bits per heavy atom. The van der Waals surface area contributed by atoms with Crippen LogP contribution in [0.3, 0.4) is 0 Å². The van der Waals surface area contributed by atoms with Crippen molar-refractivity contribution in [3.05, 3.63) is 71.3 Å². The minimum absolute atomic E-state index is 0.185. The Hall–Kier alpha value is -1.56. The summed E-state index contributed by atoms with van der Waals surface area (Å²) in [4.78, 5) is 0. The van der Waals surface area contributed by atoms with Crippen molar-refractivity contribution in [2.24, 2.45) is 0 Å². The molecule has 0 fully saturated rings. The van der Waals surface area contributed by atoms with Crippen molar-refractivity contribution in [2.45, 2.75) is 38.0 Å². The van der Waals surface area contributed by atoms with E-state index in [1.807, 2.05) is 0 Å². The molecule has 0 heteroatoms. The lowest BCUT2D eigenvalue weighted by Gasteiger charge is -2.39. The normalized spacial score (nSPS) is 24.8. The van der Waals surface area contributed by atoms with Crippen LogP contribution in [0.15, 0.2) is 54.6 Å². The highest BCUT2D eigenvalue weighted by Crippen LogP contribution is 2.52. The van der Waals surface area contributed by atoms with Gasteiger partial charge in [0.1, 0.15) is 0 Å². The summed E-state index contributed by atoms with van der Waals surface area (Å²) >= 11 is 0. The average molecular weight is 236 g/mol. The van der Waals surface area contributed by atoms with Crippen molar-refractivity contribution >= 4 is 0 Å². The molecule has 0 N–H and O–H groups in total. The highest BCUT2D eigenvalue weighted by atomic mass is 14.5. The van der Waals surface area contributed by atoms with Gasteiger partial charge in [0.25, 0.3) is 0 Å². The highest BCUT2D eigenvalue weighted by molar-refractivity contribution is 5.48. The SMILES string of the molecule is CC1(C)c2ccccc2CC1(C)c1ccccc1. The third-order valence-electron chi connectivity index (χ3n) is 5.03. The predicted octanol–water partition coefficient (Wildman–Crippen LogP) is 4.48.